The quantitative estimate of drug-likeness (QED) is 0.729. The molecule has 0 bridgehead atoms. The molecule has 1 heterocycles. The summed E-state index contributed by atoms with van der Waals surface area (Å²) in [6.07, 6.45) is 1.03. The standard InChI is InChI=1S/C14H19FN4O2/c1-3-7-16-9-13-18-19-14(21-13)17-10-5-6-12(20-4-2)11(15)8-10/h5-6,8,16H,3-4,7,9H2,1-2H3,(H,17,19). The topological polar surface area (TPSA) is 72.2 Å². The maximum absolute atomic E-state index is 13.7. The average Bonchev–Trinajstić information content (AvgIpc) is 2.90. The van der Waals surface area contributed by atoms with Crippen molar-refractivity contribution in [2.45, 2.75) is 26.8 Å². The van der Waals surface area contributed by atoms with E-state index in [-0.39, 0.29) is 11.8 Å². The van der Waals surface area contributed by atoms with Crippen molar-refractivity contribution in [1.82, 2.24) is 15.5 Å². The third kappa shape index (κ3) is 4.42. The van der Waals surface area contributed by atoms with Gasteiger partial charge in [0.15, 0.2) is 11.6 Å². The lowest BCUT2D eigenvalue weighted by Gasteiger charge is -2.06. The molecule has 0 atom stereocenters. The first-order chi connectivity index (χ1) is 10.2. The molecule has 0 spiro atoms. The number of hydrogen-bond acceptors (Lipinski definition) is 6. The summed E-state index contributed by atoms with van der Waals surface area (Å²) in [5, 5.41) is 13.8. The van der Waals surface area contributed by atoms with Crippen LogP contribution >= 0.6 is 0 Å². The summed E-state index contributed by atoms with van der Waals surface area (Å²) in [5.74, 6) is 0.265. The number of ether oxygens (including phenoxy) is 1. The van der Waals surface area contributed by atoms with Crippen molar-refractivity contribution in [3.05, 3.63) is 29.9 Å². The highest BCUT2D eigenvalue weighted by Crippen LogP contribution is 2.23. The van der Waals surface area contributed by atoms with Gasteiger partial charge in [-0.3, -0.25) is 0 Å². The van der Waals surface area contributed by atoms with Crippen LogP contribution < -0.4 is 15.4 Å². The van der Waals surface area contributed by atoms with E-state index in [1.54, 1.807) is 19.1 Å². The Morgan fingerprint density at radius 1 is 1.29 bits per heavy atom. The summed E-state index contributed by atoms with van der Waals surface area (Å²) in [4.78, 5) is 0. The molecular weight excluding hydrogens is 275 g/mol. The van der Waals surface area contributed by atoms with Crippen LogP contribution in [0.25, 0.3) is 0 Å². The molecule has 7 heteroatoms. The Labute approximate surface area is 122 Å². The zero-order valence-corrected chi connectivity index (χ0v) is 12.1. The highest BCUT2D eigenvalue weighted by molar-refractivity contribution is 5.53. The van der Waals surface area contributed by atoms with Gasteiger partial charge in [-0.2, -0.15) is 0 Å². The fourth-order valence-corrected chi connectivity index (χ4v) is 1.72. The van der Waals surface area contributed by atoms with E-state index in [2.05, 4.69) is 27.8 Å². The molecule has 0 aliphatic carbocycles. The fourth-order valence-electron chi connectivity index (χ4n) is 1.72. The van der Waals surface area contributed by atoms with E-state index < -0.39 is 5.82 Å². The first-order valence-electron chi connectivity index (χ1n) is 6.95. The van der Waals surface area contributed by atoms with Crippen LogP contribution in [0, 0.1) is 5.82 Å². The van der Waals surface area contributed by atoms with Gasteiger partial charge < -0.3 is 19.8 Å². The second-order valence-corrected chi connectivity index (χ2v) is 4.38. The van der Waals surface area contributed by atoms with Crippen LogP contribution in [0.5, 0.6) is 5.75 Å². The lowest BCUT2D eigenvalue weighted by Crippen LogP contribution is -2.13. The molecule has 114 valence electrons. The highest BCUT2D eigenvalue weighted by Gasteiger charge is 2.08. The van der Waals surface area contributed by atoms with Crippen LogP contribution in [0.3, 0.4) is 0 Å². The predicted octanol–water partition coefficient (Wildman–Crippen LogP) is 2.85. The van der Waals surface area contributed by atoms with Gasteiger partial charge in [-0.05, 0) is 32.0 Å². The van der Waals surface area contributed by atoms with Gasteiger partial charge in [-0.25, -0.2) is 4.39 Å². The van der Waals surface area contributed by atoms with Crippen LogP contribution in [0.1, 0.15) is 26.2 Å². The van der Waals surface area contributed by atoms with Gasteiger partial charge in [0, 0.05) is 11.8 Å². The second-order valence-electron chi connectivity index (χ2n) is 4.38. The molecule has 0 saturated heterocycles. The molecule has 0 amide bonds. The SMILES string of the molecule is CCCNCc1nnc(Nc2ccc(OCC)c(F)c2)o1. The normalized spacial score (nSPS) is 10.6. The van der Waals surface area contributed by atoms with E-state index in [1.807, 2.05) is 0 Å². The van der Waals surface area contributed by atoms with Gasteiger partial charge >= 0.3 is 6.01 Å². The molecule has 0 aliphatic rings. The predicted molar refractivity (Wildman–Crippen MR) is 77.1 cm³/mol. The van der Waals surface area contributed by atoms with Gasteiger partial charge in [0.1, 0.15) is 0 Å². The molecule has 0 radical (unpaired) electrons. The molecule has 6 nitrogen and oxygen atoms in total. The number of rotatable bonds is 8. The molecular formula is C14H19FN4O2. The number of nitrogens with zero attached hydrogens (tertiary/aromatic N) is 2. The minimum atomic E-state index is -0.439. The molecule has 2 N–H and O–H groups in total. The summed E-state index contributed by atoms with van der Waals surface area (Å²) >= 11 is 0. The summed E-state index contributed by atoms with van der Waals surface area (Å²) in [7, 11) is 0. The van der Waals surface area contributed by atoms with Crippen LogP contribution in [0.4, 0.5) is 16.1 Å². The van der Waals surface area contributed by atoms with Gasteiger partial charge in [0.05, 0.1) is 13.2 Å². The Kier molecular flexibility index (Phi) is 5.51. The van der Waals surface area contributed by atoms with Crippen LogP contribution in [-0.4, -0.2) is 23.3 Å². The Hall–Kier alpha value is -2.15. The smallest absolute Gasteiger partial charge is 0.320 e. The van der Waals surface area contributed by atoms with Gasteiger partial charge in [0.2, 0.25) is 5.89 Å². The van der Waals surface area contributed by atoms with E-state index in [9.17, 15) is 4.39 Å². The molecule has 1 aromatic carbocycles. The average molecular weight is 294 g/mol. The third-order valence-electron chi connectivity index (χ3n) is 2.65. The van der Waals surface area contributed by atoms with Gasteiger partial charge in [-0.15, -0.1) is 5.10 Å². The highest BCUT2D eigenvalue weighted by atomic mass is 19.1. The van der Waals surface area contributed by atoms with Crippen molar-refractivity contribution in [3.63, 3.8) is 0 Å². The number of hydrogen-bond donors (Lipinski definition) is 2. The summed E-state index contributed by atoms with van der Waals surface area (Å²) in [6, 6.07) is 4.80. The second kappa shape index (κ2) is 7.58. The number of halogens is 1. The molecule has 21 heavy (non-hydrogen) atoms. The summed E-state index contributed by atoms with van der Waals surface area (Å²) < 4.78 is 24.2. The minimum absolute atomic E-state index is 0.220. The van der Waals surface area contributed by atoms with E-state index in [4.69, 9.17) is 9.15 Å². The number of benzene rings is 1. The van der Waals surface area contributed by atoms with Gasteiger partial charge in [-0.1, -0.05) is 12.0 Å². The maximum Gasteiger partial charge on any atom is 0.320 e. The van der Waals surface area contributed by atoms with Crippen molar-refractivity contribution in [3.8, 4) is 5.75 Å². The molecule has 2 rings (SSSR count). The Morgan fingerprint density at radius 3 is 2.86 bits per heavy atom. The first-order valence-corrected chi connectivity index (χ1v) is 6.95. The molecule has 0 saturated carbocycles. The molecule has 0 fully saturated rings. The number of aromatic nitrogens is 2. The minimum Gasteiger partial charge on any atom is -0.491 e. The summed E-state index contributed by atoms with van der Waals surface area (Å²) in [6.45, 7) is 5.70. The molecule has 0 aliphatic heterocycles. The molecule has 2 aromatic rings. The maximum atomic E-state index is 13.7. The molecule has 1 aromatic heterocycles. The van der Waals surface area contributed by atoms with Crippen LogP contribution in [-0.2, 0) is 6.54 Å². The van der Waals surface area contributed by atoms with Crippen molar-refractivity contribution >= 4 is 11.7 Å². The largest absolute Gasteiger partial charge is 0.491 e. The van der Waals surface area contributed by atoms with Crippen LogP contribution in [0.2, 0.25) is 0 Å². The zero-order valence-electron chi connectivity index (χ0n) is 12.1. The van der Waals surface area contributed by atoms with E-state index in [0.717, 1.165) is 13.0 Å². The first kappa shape index (κ1) is 15.2. The van der Waals surface area contributed by atoms with Crippen molar-refractivity contribution in [2.24, 2.45) is 0 Å². The Balaban J connectivity index is 1.96. The summed E-state index contributed by atoms with van der Waals surface area (Å²) in [5.41, 5.74) is 0.521. The van der Waals surface area contributed by atoms with Crippen molar-refractivity contribution in [2.75, 3.05) is 18.5 Å². The monoisotopic (exact) mass is 294 g/mol. The van der Waals surface area contributed by atoms with Crippen LogP contribution in [0.15, 0.2) is 22.6 Å². The third-order valence-corrected chi connectivity index (χ3v) is 2.65. The van der Waals surface area contributed by atoms with E-state index in [0.29, 0.717) is 24.7 Å². The zero-order chi connectivity index (χ0) is 15.1. The number of anilines is 2. The van der Waals surface area contributed by atoms with E-state index >= 15 is 0 Å². The molecule has 0 unspecified atom stereocenters. The Morgan fingerprint density at radius 2 is 2.14 bits per heavy atom. The fraction of sp³-hybridized carbons (Fsp3) is 0.429. The van der Waals surface area contributed by atoms with Crippen molar-refractivity contribution in [1.29, 1.82) is 0 Å². The number of nitrogens with one attached hydrogen (secondary N) is 2. The van der Waals surface area contributed by atoms with Gasteiger partial charge in [0.25, 0.3) is 0 Å². The Bertz CT molecular complexity index is 574. The lowest BCUT2D eigenvalue weighted by molar-refractivity contribution is 0.321. The van der Waals surface area contributed by atoms with Crippen molar-refractivity contribution < 1.29 is 13.5 Å². The lowest BCUT2D eigenvalue weighted by atomic mass is 10.3. The van der Waals surface area contributed by atoms with E-state index in [1.165, 1.54) is 6.07 Å².